The van der Waals surface area contributed by atoms with E-state index in [-0.39, 0.29) is 22.4 Å². The molecule has 0 aliphatic heterocycles. The van der Waals surface area contributed by atoms with Gasteiger partial charge in [-0.15, -0.1) is 17.5 Å². The van der Waals surface area contributed by atoms with Crippen LogP contribution in [0.25, 0.3) is 98.6 Å². The van der Waals surface area contributed by atoms with E-state index in [4.69, 9.17) is 5.48 Å². The van der Waals surface area contributed by atoms with E-state index >= 15 is 0 Å². The number of imidazole rings is 1. The van der Waals surface area contributed by atoms with Crippen LogP contribution >= 0.6 is 0 Å². The molecule has 0 spiro atoms. The van der Waals surface area contributed by atoms with E-state index in [2.05, 4.69) is 112 Å². The Kier molecular flexibility index (Phi) is 9.08. The summed E-state index contributed by atoms with van der Waals surface area (Å²) in [6.07, 6.45) is 3.57. The molecule has 0 bridgehead atoms. The minimum Gasteiger partial charge on any atom is -0.358 e. The van der Waals surface area contributed by atoms with Gasteiger partial charge < -0.3 is 8.80 Å². The molecule has 0 N–H and O–H groups in total. The largest absolute Gasteiger partial charge is 0.358 e. The first-order chi connectivity index (χ1) is 32.8. The first-order valence-electron chi connectivity index (χ1n) is 24.7. The summed E-state index contributed by atoms with van der Waals surface area (Å²) in [5.74, 6) is -3.63. The Labute approximate surface area is 407 Å². The van der Waals surface area contributed by atoms with Gasteiger partial charge in [0.2, 0.25) is 0 Å². The van der Waals surface area contributed by atoms with Crippen molar-refractivity contribution in [3.63, 3.8) is 0 Å². The summed E-state index contributed by atoms with van der Waals surface area (Å²) in [4.78, 5) is 0. The van der Waals surface area contributed by atoms with Crippen LogP contribution in [0.5, 0.6) is 0 Å². The van der Waals surface area contributed by atoms with Crippen LogP contribution in [0.4, 0.5) is 0 Å². The zero-order chi connectivity index (χ0) is 48.1. The quantitative estimate of drug-likeness (QED) is 0.0897. The monoisotopic (exact) mass is 1040 g/mol. The molecule has 4 nitrogen and oxygen atoms in total. The van der Waals surface area contributed by atoms with Crippen molar-refractivity contribution in [1.82, 2.24) is 13.4 Å². The number of rotatable bonds is 6. The van der Waals surface area contributed by atoms with Crippen molar-refractivity contribution in [1.29, 1.82) is 0 Å². The Bertz CT molecular complexity index is 3850. The van der Waals surface area contributed by atoms with Crippen LogP contribution in [0.2, 0.25) is 0 Å². The average Bonchev–Trinajstić information content (AvgIpc) is 4.11. The fraction of sp³-hybridized carbons (Fsp3) is 0.197. The van der Waals surface area contributed by atoms with Gasteiger partial charge >= 0.3 is 0 Å². The molecule has 0 aliphatic carbocycles. The predicted molar refractivity (Wildman–Crippen MR) is 275 cm³/mol. The van der Waals surface area contributed by atoms with Gasteiger partial charge in [-0.05, 0) is 79.8 Å². The predicted octanol–water partition coefficient (Wildman–Crippen LogP) is 16.0. The Balaban J connectivity index is 0.000000151. The van der Waals surface area contributed by atoms with E-state index in [0.717, 1.165) is 44.7 Å². The maximum Gasteiger partial charge on any atom is 0.269 e. The summed E-state index contributed by atoms with van der Waals surface area (Å²) in [6, 6.07) is 56.8. The Hall–Kier alpha value is -6.43. The first kappa shape index (κ1) is 37.8. The van der Waals surface area contributed by atoms with Gasteiger partial charge in [0.25, 0.3) is 6.33 Å². The van der Waals surface area contributed by atoms with E-state index < -0.39 is 23.6 Å². The summed E-state index contributed by atoms with van der Waals surface area (Å²) >= 11 is 0. The van der Waals surface area contributed by atoms with E-state index in [1.54, 1.807) is 0 Å². The third kappa shape index (κ3) is 6.05. The molecule has 13 aromatic rings. The minimum absolute atomic E-state index is 0. The van der Waals surface area contributed by atoms with Crippen molar-refractivity contribution in [3.8, 4) is 11.4 Å². The van der Waals surface area contributed by atoms with Gasteiger partial charge in [-0.3, -0.25) is 9.13 Å². The molecule has 13 rings (SSSR count). The summed E-state index contributed by atoms with van der Waals surface area (Å²) in [7, 11) is 0. The molecular weight excluding hydrogens is 986 g/mol. The fourth-order valence-electron chi connectivity index (χ4n) is 10.8. The summed E-state index contributed by atoms with van der Waals surface area (Å²) in [5, 5.41) is 10.3. The molecule has 0 amide bonds. The van der Waals surface area contributed by atoms with Crippen molar-refractivity contribution in [3.05, 3.63) is 186 Å². The number of hydrogen-bond donors (Lipinski definition) is 0. The maximum absolute atomic E-state index is 8.93. The molecule has 5 heteroatoms. The SMILES string of the molecule is [2H]C(C)(C)c1cccc(C([2H])(C)C)c1-n1[c-][n+](-c2c(C([2H])(C)C)cccc2C([2H])(C)C)c2ccccc21.[Au].[c-]1c2c3cccc4c5ccccc5n(c2cc2c5cccc6c7ccccc7n(c12)c56)c34. The summed E-state index contributed by atoms with van der Waals surface area (Å²) in [5.41, 5.74) is 14.1. The molecule has 0 atom stereocenters. The van der Waals surface area contributed by atoms with Crippen molar-refractivity contribution in [2.75, 3.05) is 0 Å². The zero-order valence-electron chi connectivity index (χ0n) is 42.5. The number of benzene rings is 8. The topological polar surface area (TPSA) is 17.6 Å². The van der Waals surface area contributed by atoms with Crippen LogP contribution in [0.15, 0.2) is 152 Å². The van der Waals surface area contributed by atoms with Gasteiger partial charge in [-0.25, -0.2) is 0 Å². The van der Waals surface area contributed by atoms with Gasteiger partial charge in [0, 0.05) is 55.1 Å². The van der Waals surface area contributed by atoms with Crippen LogP contribution in [0.1, 0.15) is 107 Å². The zero-order valence-corrected chi connectivity index (χ0v) is 40.7. The Morgan fingerprint density at radius 3 is 1.45 bits per heavy atom. The second-order valence-corrected chi connectivity index (χ2v) is 18.6. The molecule has 1 radical (unpaired) electrons. The van der Waals surface area contributed by atoms with Crippen molar-refractivity contribution in [2.24, 2.45) is 0 Å². The van der Waals surface area contributed by atoms with E-state index in [1.165, 1.54) is 76.2 Å². The molecule has 0 saturated heterocycles. The molecule has 0 fully saturated rings. The Morgan fingerprint density at radius 2 is 0.879 bits per heavy atom. The molecule has 66 heavy (non-hydrogen) atoms. The van der Waals surface area contributed by atoms with Gasteiger partial charge in [-0.1, -0.05) is 200 Å². The molecule has 5 heterocycles. The number of fused-ring (bicyclic) bond motifs is 13. The molecular formula is C61H53AuN4-. The number of nitrogens with zero attached hydrogens (tertiary/aromatic N) is 4. The normalized spacial score (nSPS) is 13.9. The van der Waals surface area contributed by atoms with Crippen LogP contribution < -0.4 is 4.57 Å². The van der Waals surface area contributed by atoms with Crippen molar-refractivity contribution >= 4 is 87.2 Å². The third-order valence-electron chi connectivity index (χ3n) is 13.7. The average molecular weight is 1040 g/mol. The van der Waals surface area contributed by atoms with Crippen LogP contribution in [-0.2, 0) is 22.4 Å². The second-order valence-electron chi connectivity index (χ2n) is 18.6. The molecule has 8 aromatic carbocycles. The van der Waals surface area contributed by atoms with E-state index in [1.807, 2.05) is 125 Å². The van der Waals surface area contributed by atoms with Crippen LogP contribution in [-0.4, -0.2) is 13.4 Å². The van der Waals surface area contributed by atoms with E-state index in [0.29, 0.717) is 0 Å². The fourth-order valence-corrected chi connectivity index (χ4v) is 10.8. The molecule has 0 unspecified atom stereocenters. The molecule has 5 aromatic heterocycles. The van der Waals surface area contributed by atoms with Gasteiger partial charge in [0.15, 0.2) is 0 Å². The van der Waals surface area contributed by atoms with E-state index in [9.17, 15) is 0 Å². The molecule has 0 aliphatic rings. The van der Waals surface area contributed by atoms with Crippen molar-refractivity contribution < 1.29 is 32.4 Å². The number of aromatic nitrogens is 4. The van der Waals surface area contributed by atoms with Crippen LogP contribution in [0, 0.1) is 12.4 Å². The standard InChI is InChI=1S/C31H38N2.C30H15N2.Au/c1-20(2)24-13-11-14-25(21(3)4)30(24)32-19-33(29-18-10-9-17-28(29)32)31-26(22(5)6)15-12-16-27(31)23(7)8;1-3-13-25-17(7-1)19-9-5-11-21-23-16-28-24(15-27(23)31(25)29(19)21)22-12-6-10-20-18-8-2-4-14-26(18)32(28)30(20)22;/h9-18,20-23H,1-8H3;1-15H;/q;-1;/i20D,21D,22D,23D;;. The first-order valence-corrected chi connectivity index (χ1v) is 22.7. The number of hydrogen-bond acceptors (Lipinski definition) is 0. The molecule has 0 saturated carbocycles. The minimum atomic E-state index is -0.907. The maximum atomic E-state index is 8.93. The smallest absolute Gasteiger partial charge is 0.269 e. The van der Waals surface area contributed by atoms with Crippen LogP contribution in [0.3, 0.4) is 0 Å². The van der Waals surface area contributed by atoms with Gasteiger partial charge in [0.05, 0.1) is 33.4 Å². The number of para-hydroxylation sites is 8. The summed E-state index contributed by atoms with van der Waals surface area (Å²) in [6.45, 7) is 14.9. The van der Waals surface area contributed by atoms with Crippen molar-refractivity contribution in [2.45, 2.75) is 79.0 Å². The van der Waals surface area contributed by atoms with Gasteiger partial charge in [-0.2, -0.15) is 0 Å². The third-order valence-corrected chi connectivity index (χ3v) is 13.7. The molecule has 329 valence electrons. The van der Waals surface area contributed by atoms with Gasteiger partial charge in [0.1, 0.15) is 0 Å². The Morgan fingerprint density at radius 1 is 0.439 bits per heavy atom. The summed E-state index contributed by atoms with van der Waals surface area (Å²) < 4.78 is 44.5. The second kappa shape index (κ2) is 15.9.